The van der Waals surface area contributed by atoms with Gasteiger partial charge < -0.3 is 19.8 Å². The fourth-order valence-electron chi connectivity index (χ4n) is 3.77. The van der Waals surface area contributed by atoms with Crippen LogP contribution in [0, 0.1) is 0 Å². The van der Waals surface area contributed by atoms with Crippen LogP contribution in [-0.4, -0.2) is 77.6 Å². The standard InChI is InChI=1S/C20H31N7O2/c1-3-18(29-12-1)6-8-22-20(21-7-2-9-26-10-13-28-14-11-26)25-17-4-5-19-23-16-24-27(19)15-17/h1,3,12,16-17H,2,4-11,13-15H2,(H2,21,22,25). The van der Waals surface area contributed by atoms with E-state index in [0.29, 0.717) is 6.04 Å². The molecule has 2 aliphatic heterocycles. The predicted octanol–water partition coefficient (Wildman–Crippen LogP) is 0.686. The molecule has 0 amide bonds. The first-order valence-corrected chi connectivity index (χ1v) is 10.6. The first kappa shape index (κ1) is 19.9. The van der Waals surface area contributed by atoms with Gasteiger partial charge in [0.15, 0.2) is 5.96 Å². The molecule has 2 aromatic rings. The van der Waals surface area contributed by atoms with E-state index < -0.39 is 0 Å². The molecule has 1 unspecified atom stereocenters. The maximum absolute atomic E-state index is 5.43. The SMILES string of the molecule is c1coc(CCNC(=NCCCN2CCOCC2)NC2CCc3ncnn3C2)c1. The summed E-state index contributed by atoms with van der Waals surface area (Å²) >= 11 is 0. The Bertz CT molecular complexity index is 753. The number of ether oxygens (including phenoxy) is 1. The molecule has 4 rings (SSSR count). The molecule has 2 N–H and O–H groups in total. The van der Waals surface area contributed by atoms with Crippen molar-refractivity contribution in [3.05, 3.63) is 36.3 Å². The van der Waals surface area contributed by atoms with Crippen LogP contribution < -0.4 is 10.6 Å². The monoisotopic (exact) mass is 401 g/mol. The maximum Gasteiger partial charge on any atom is 0.191 e. The lowest BCUT2D eigenvalue weighted by Gasteiger charge is -2.26. The molecule has 1 atom stereocenters. The van der Waals surface area contributed by atoms with Crippen molar-refractivity contribution in [2.24, 2.45) is 4.99 Å². The van der Waals surface area contributed by atoms with E-state index in [-0.39, 0.29) is 0 Å². The van der Waals surface area contributed by atoms with Crippen LogP contribution in [0.3, 0.4) is 0 Å². The number of aryl methyl sites for hydroxylation is 1. The lowest BCUT2D eigenvalue weighted by atomic mass is 10.1. The van der Waals surface area contributed by atoms with Gasteiger partial charge in [0.25, 0.3) is 0 Å². The first-order chi connectivity index (χ1) is 14.4. The van der Waals surface area contributed by atoms with Crippen LogP contribution in [0.15, 0.2) is 34.1 Å². The zero-order valence-electron chi connectivity index (χ0n) is 16.9. The summed E-state index contributed by atoms with van der Waals surface area (Å²) in [7, 11) is 0. The van der Waals surface area contributed by atoms with Crippen molar-refractivity contribution in [3.8, 4) is 0 Å². The summed E-state index contributed by atoms with van der Waals surface area (Å²) < 4.78 is 12.8. The van der Waals surface area contributed by atoms with Crippen LogP contribution in [0.5, 0.6) is 0 Å². The van der Waals surface area contributed by atoms with E-state index in [1.165, 1.54) is 0 Å². The van der Waals surface area contributed by atoms with E-state index in [2.05, 4.69) is 25.6 Å². The lowest BCUT2D eigenvalue weighted by Crippen LogP contribution is -2.47. The molecular formula is C20H31N7O2. The minimum Gasteiger partial charge on any atom is -0.469 e. The number of hydrogen-bond acceptors (Lipinski definition) is 6. The molecule has 4 heterocycles. The van der Waals surface area contributed by atoms with E-state index >= 15 is 0 Å². The van der Waals surface area contributed by atoms with Crippen LogP contribution in [0.25, 0.3) is 0 Å². The number of fused-ring (bicyclic) bond motifs is 1. The molecule has 0 saturated carbocycles. The molecule has 0 spiro atoms. The van der Waals surface area contributed by atoms with Crippen molar-refractivity contribution < 1.29 is 9.15 Å². The Hall–Kier alpha value is -2.39. The number of nitrogens with zero attached hydrogens (tertiary/aromatic N) is 5. The maximum atomic E-state index is 5.43. The summed E-state index contributed by atoms with van der Waals surface area (Å²) in [5, 5.41) is 11.4. The van der Waals surface area contributed by atoms with Gasteiger partial charge in [0.2, 0.25) is 0 Å². The summed E-state index contributed by atoms with van der Waals surface area (Å²) in [4.78, 5) is 11.6. The molecule has 1 fully saturated rings. The Balaban J connectivity index is 1.27. The topological polar surface area (TPSA) is 92.7 Å². The largest absolute Gasteiger partial charge is 0.469 e. The zero-order chi connectivity index (χ0) is 19.7. The van der Waals surface area contributed by atoms with Gasteiger partial charge in [0, 0.05) is 51.6 Å². The highest BCUT2D eigenvalue weighted by molar-refractivity contribution is 5.80. The normalized spacial score (nSPS) is 20.4. The van der Waals surface area contributed by atoms with Crippen molar-refractivity contribution in [2.45, 2.75) is 38.3 Å². The van der Waals surface area contributed by atoms with E-state index in [9.17, 15) is 0 Å². The number of furan rings is 1. The Morgan fingerprint density at radius 2 is 2.24 bits per heavy atom. The van der Waals surface area contributed by atoms with Gasteiger partial charge in [-0.3, -0.25) is 9.89 Å². The molecule has 0 aliphatic carbocycles. The number of aliphatic imine (C=N–C) groups is 1. The van der Waals surface area contributed by atoms with Crippen molar-refractivity contribution in [1.29, 1.82) is 0 Å². The smallest absolute Gasteiger partial charge is 0.191 e. The average Bonchev–Trinajstić information content (AvgIpc) is 3.43. The molecule has 0 bridgehead atoms. The quantitative estimate of drug-likeness (QED) is 0.382. The Labute approximate surface area is 171 Å². The van der Waals surface area contributed by atoms with Crippen LogP contribution in [0.2, 0.25) is 0 Å². The molecule has 9 heteroatoms. The third-order valence-electron chi connectivity index (χ3n) is 5.40. The molecule has 9 nitrogen and oxygen atoms in total. The highest BCUT2D eigenvalue weighted by atomic mass is 16.5. The fourth-order valence-corrected chi connectivity index (χ4v) is 3.77. The molecular weight excluding hydrogens is 370 g/mol. The summed E-state index contributed by atoms with van der Waals surface area (Å²) in [6.45, 7) is 7.21. The molecule has 158 valence electrons. The highest BCUT2D eigenvalue weighted by Crippen LogP contribution is 2.11. The number of guanidine groups is 1. The van der Waals surface area contributed by atoms with Crippen LogP contribution >= 0.6 is 0 Å². The number of aromatic nitrogens is 3. The highest BCUT2D eigenvalue weighted by Gasteiger charge is 2.20. The number of morpholine rings is 1. The van der Waals surface area contributed by atoms with E-state index in [4.69, 9.17) is 14.1 Å². The third kappa shape index (κ3) is 6.04. The van der Waals surface area contributed by atoms with Gasteiger partial charge >= 0.3 is 0 Å². The predicted molar refractivity (Wildman–Crippen MR) is 110 cm³/mol. The molecule has 29 heavy (non-hydrogen) atoms. The van der Waals surface area contributed by atoms with Crippen molar-refractivity contribution >= 4 is 5.96 Å². The van der Waals surface area contributed by atoms with Gasteiger partial charge in [0.1, 0.15) is 17.9 Å². The molecule has 1 saturated heterocycles. The average molecular weight is 402 g/mol. The van der Waals surface area contributed by atoms with Crippen molar-refractivity contribution in [3.63, 3.8) is 0 Å². The van der Waals surface area contributed by atoms with E-state index in [1.54, 1.807) is 12.6 Å². The van der Waals surface area contributed by atoms with Crippen molar-refractivity contribution in [2.75, 3.05) is 45.9 Å². The number of hydrogen-bond donors (Lipinski definition) is 2. The first-order valence-electron chi connectivity index (χ1n) is 10.6. The van der Waals surface area contributed by atoms with Gasteiger partial charge in [-0.1, -0.05) is 0 Å². The Morgan fingerprint density at radius 1 is 1.31 bits per heavy atom. The summed E-state index contributed by atoms with van der Waals surface area (Å²) in [6.07, 6.45) is 7.20. The van der Waals surface area contributed by atoms with Gasteiger partial charge in [-0.2, -0.15) is 5.10 Å². The molecule has 0 radical (unpaired) electrons. The van der Waals surface area contributed by atoms with Crippen molar-refractivity contribution in [1.82, 2.24) is 30.3 Å². The summed E-state index contributed by atoms with van der Waals surface area (Å²) in [5.41, 5.74) is 0. The van der Waals surface area contributed by atoms with Gasteiger partial charge in [0.05, 0.1) is 26.0 Å². The molecule has 2 aromatic heterocycles. The van der Waals surface area contributed by atoms with Crippen LogP contribution in [0.1, 0.15) is 24.4 Å². The van der Waals surface area contributed by atoms with E-state index in [1.807, 2.05) is 16.8 Å². The number of nitrogens with one attached hydrogen (secondary N) is 2. The second-order valence-corrected chi connectivity index (χ2v) is 7.53. The molecule has 2 aliphatic rings. The summed E-state index contributed by atoms with van der Waals surface area (Å²) in [5.74, 6) is 2.92. The second-order valence-electron chi connectivity index (χ2n) is 7.53. The fraction of sp³-hybridized carbons (Fsp3) is 0.650. The minimum atomic E-state index is 0.304. The lowest BCUT2D eigenvalue weighted by molar-refractivity contribution is 0.0377. The third-order valence-corrected chi connectivity index (χ3v) is 5.40. The van der Waals surface area contributed by atoms with Gasteiger partial charge in [-0.05, 0) is 25.0 Å². The Morgan fingerprint density at radius 3 is 3.10 bits per heavy atom. The van der Waals surface area contributed by atoms with E-state index in [0.717, 1.165) is 95.7 Å². The van der Waals surface area contributed by atoms with Crippen LogP contribution in [0.4, 0.5) is 0 Å². The zero-order valence-corrected chi connectivity index (χ0v) is 16.9. The Kier molecular flexibility index (Phi) is 7.14. The molecule has 0 aromatic carbocycles. The minimum absolute atomic E-state index is 0.304. The van der Waals surface area contributed by atoms with Gasteiger partial charge in [-0.25, -0.2) is 9.67 Å². The van der Waals surface area contributed by atoms with Crippen LogP contribution in [-0.2, 0) is 24.1 Å². The van der Waals surface area contributed by atoms with Gasteiger partial charge in [-0.15, -0.1) is 0 Å². The second kappa shape index (κ2) is 10.4. The number of rotatable bonds is 8. The summed E-state index contributed by atoms with van der Waals surface area (Å²) in [6, 6.07) is 4.23.